The highest BCUT2D eigenvalue weighted by atomic mass is 16.3. The van der Waals surface area contributed by atoms with Crippen LogP contribution in [0, 0.1) is 6.92 Å². The molecule has 0 bridgehead atoms. The molecule has 1 N–H and O–H groups in total. The van der Waals surface area contributed by atoms with Crippen molar-refractivity contribution in [2.24, 2.45) is 0 Å². The Hall–Kier alpha value is -3.41. The Morgan fingerprint density at radius 1 is 1.10 bits per heavy atom. The van der Waals surface area contributed by atoms with E-state index in [1.54, 1.807) is 4.90 Å². The number of aryl methyl sites for hydroxylation is 1. The molecule has 0 saturated heterocycles. The molecule has 1 aromatic heterocycles. The largest absolute Gasteiger partial charge is 0.502 e. The van der Waals surface area contributed by atoms with E-state index >= 15 is 0 Å². The van der Waals surface area contributed by atoms with Crippen LogP contribution in [0.3, 0.4) is 0 Å². The first-order chi connectivity index (χ1) is 14.0. The van der Waals surface area contributed by atoms with Gasteiger partial charge in [-0.15, -0.1) is 0 Å². The lowest BCUT2D eigenvalue weighted by Gasteiger charge is -2.39. The van der Waals surface area contributed by atoms with Crippen LogP contribution >= 0.6 is 0 Å². The molecule has 29 heavy (non-hydrogen) atoms. The van der Waals surface area contributed by atoms with E-state index in [-0.39, 0.29) is 23.6 Å². The molecule has 0 saturated carbocycles. The first-order valence-corrected chi connectivity index (χ1v) is 9.72. The van der Waals surface area contributed by atoms with Crippen LogP contribution in [0.4, 0.5) is 0 Å². The number of aromatic hydroxyl groups is 1. The van der Waals surface area contributed by atoms with Crippen LogP contribution in [0.25, 0.3) is 0 Å². The van der Waals surface area contributed by atoms with Crippen molar-refractivity contribution in [1.82, 2.24) is 14.7 Å². The SMILES string of the molecule is CCN1CC(C(c2ccccc2)c2cccc(C)c2)n2ncc(=O)c(O)c2C1=O. The molecule has 4 rings (SSSR count). The minimum Gasteiger partial charge on any atom is -0.502 e. The monoisotopic (exact) mass is 389 g/mol. The molecular formula is C23H23N3O3. The molecule has 148 valence electrons. The number of rotatable bonds is 4. The highest BCUT2D eigenvalue weighted by Gasteiger charge is 2.39. The van der Waals surface area contributed by atoms with Gasteiger partial charge in [-0.2, -0.15) is 5.10 Å². The van der Waals surface area contributed by atoms with Crippen LogP contribution in [0.2, 0.25) is 0 Å². The molecular weight excluding hydrogens is 366 g/mol. The Balaban J connectivity index is 1.96. The van der Waals surface area contributed by atoms with Gasteiger partial charge in [0.15, 0.2) is 11.4 Å². The van der Waals surface area contributed by atoms with Crippen molar-refractivity contribution >= 4 is 5.91 Å². The van der Waals surface area contributed by atoms with E-state index in [9.17, 15) is 14.7 Å². The van der Waals surface area contributed by atoms with E-state index in [0.29, 0.717) is 13.1 Å². The average Bonchev–Trinajstić information content (AvgIpc) is 2.73. The van der Waals surface area contributed by atoms with Crippen LogP contribution < -0.4 is 5.43 Å². The van der Waals surface area contributed by atoms with Gasteiger partial charge in [0.05, 0.1) is 12.2 Å². The maximum absolute atomic E-state index is 12.9. The first kappa shape index (κ1) is 18.9. The number of aromatic nitrogens is 2. The van der Waals surface area contributed by atoms with E-state index < -0.39 is 11.2 Å². The molecule has 0 aliphatic carbocycles. The summed E-state index contributed by atoms with van der Waals surface area (Å²) in [6.07, 6.45) is 1.08. The van der Waals surface area contributed by atoms with Crippen molar-refractivity contribution in [3.05, 3.63) is 93.4 Å². The van der Waals surface area contributed by atoms with Gasteiger partial charge in [-0.3, -0.25) is 14.3 Å². The minimum atomic E-state index is -0.645. The summed E-state index contributed by atoms with van der Waals surface area (Å²) in [5.74, 6) is -1.02. The molecule has 1 aliphatic heterocycles. The van der Waals surface area contributed by atoms with Gasteiger partial charge in [-0.05, 0) is 25.0 Å². The molecule has 2 unspecified atom stereocenters. The van der Waals surface area contributed by atoms with Crippen molar-refractivity contribution < 1.29 is 9.90 Å². The number of hydrogen-bond donors (Lipinski definition) is 1. The van der Waals surface area contributed by atoms with Gasteiger partial charge in [0, 0.05) is 19.0 Å². The van der Waals surface area contributed by atoms with Crippen molar-refractivity contribution in [1.29, 1.82) is 0 Å². The Morgan fingerprint density at radius 3 is 2.52 bits per heavy atom. The standard InChI is InChI=1S/C23H23N3O3/c1-3-25-14-18(26-21(23(25)29)22(28)19(27)13-24-26)20(16-9-5-4-6-10-16)17-11-7-8-15(2)12-17/h4-13,18,20,28H,3,14H2,1-2H3. The zero-order valence-electron chi connectivity index (χ0n) is 16.4. The predicted molar refractivity (Wildman–Crippen MR) is 110 cm³/mol. The summed E-state index contributed by atoms with van der Waals surface area (Å²) < 4.78 is 1.53. The number of likely N-dealkylation sites (N-methyl/N-ethyl adjacent to an activating group) is 1. The van der Waals surface area contributed by atoms with Gasteiger partial charge < -0.3 is 10.0 Å². The molecule has 0 fully saturated rings. The second-order valence-corrected chi connectivity index (χ2v) is 7.36. The topological polar surface area (TPSA) is 75.4 Å². The van der Waals surface area contributed by atoms with Crippen molar-refractivity contribution in [3.63, 3.8) is 0 Å². The van der Waals surface area contributed by atoms with Crippen LogP contribution in [0.15, 0.2) is 65.6 Å². The molecule has 1 amide bonds. The normalized spacial score (nSPS) is 17.1. The minimum absolute atomic E-state index is 0.0378. The number of carbonyl (C=O) groups excluding carboxylic acids is 1. The second kappa shape index (κ2) is 7.54. The van der Waals surface area contributed by atoms with Gasteiger partial charge >= 0.3 is 0 Å². The van der Waals surface area contributed by atoms with Crippen molar-refractivity contribution in [2.45, 2.75) is 25.8 Å². The maximum Gasteiger partial charge on any atom is 0.276 e. The number of carbonyl (C=O) groups is 1. The zero-order valence-corrected chi connectivity index (χ0v) is 16.4. The number of benzene rings is 2. The Morgan fingerprint density at radius 2 is 1.83 bits per heavy atom. The Labute approximate surface area is 169 Å². The second-order valence-electron chi connectivity index (χ2n) is 7.36. The van der Waals surface area contributed by atoms with E-state index in [2.05, 4.69) is 29.4 Å². The third-order valence-electron chi connectivity index (χ3n) is 5.52. The lowest BCUT2D eigenvalue weighted by Crippen LogP contribution is -2.46. The molecule has 3 aromatic rings. The number of nitrogens with zero attached hydrogens (tertiary/aromatic N) is 3. The molecule has 6 heteroatoms. The fraction of sp³-hybridized carbons (Fsp3) is 0.261. The summed E-state index contributed by atoms with van der Waals surface area (Å²) in [4.78, 5) is 26.5. The van der Waals surface area contributed by atoms with E-state index in [1.807, 2.05) is 44.2 Å². The van der Waals surface area contributed by atoms with Crippen LogP contribution in [0.5, 0.6) is 5.75 Å². The van der Waals surface area contributed by atoms with Gasteiger partial charge in [0.2, 0.25) is 5.43 Å². The third kappa shape index (κ3) is 3.31. The predicted octanol–water partition coefficient (Wildman–Crippen LogP) is 3.11. The van der Waals surface area contributed by atoms with Crippen molar-refractivity contribution in [3.8, 4) is 5.75 Å². The molecule has 6 nitrogen and oxygen atoms in total. The Bertz CT molecular complexity index is 1110. The molecule has 1 aliphatic rings. The number of hydrogen-bond acceptors (Lipinski definition) is 4. The maximum atomic E-state index is 12.9. The van der Waals surface area contributed by atoms with Crippen LogP contribution in [-0.4, -0.2) is 38.8 Å². The summed E-state index contributed by atoms with van der Waals surface area (Å²) in [7, 11) is 0. The van der Waals surface area contributed by atoms with Gasteiger partial charge in [-0.1, -0.05) is 60.2 Å². The summed E-state index contributed by atoms with van der Waals surface area (Å²) in [5, 5.41) is 14.7. The molecule has 0 radical (unpaired) electrons. The number of fused-ring (bicyclic) bond motifs is 1. The number of amides is 1. The molecule has 0 spiro atoms. The summed E-state index contributed by atoms with van der Waals surface area (Å²) >= 11 is 0. The molecule has 2 aromatic carbocycles. The lowest BCUT2D eigenvalue weighted by molar-refractivity contribution is 0.0646. The fourth-order valence-corrected chi connectivity index (χ4v) is 4.13. The zero-order chi connectivity index (χ0) is 20.5. The summed E-state index contributed by atoms with van der Waals surface area (Å²) in [6.45, 7) is 4.85. The summed E-state index contributed by atoms with van der Waals surface area (Å²) in [6, 6.07) is 18.1. The highest BCUT2D eigenvalue weighted by molar-refractivity contribution is 5.95. The van der Waals surface area contributed by atoms with Crippen LogP contribution in [-0.2, 0) is 0 Å². The van der Waals surface area contributed by atoms with Gasteiger partial charge in [0.1, 0.15) is 0 Å². The van der Waals surface area contributed by atoms with Crippen molar-refractivity contribution in [2.75, 3.05) is 13.1 Å². The lowest BCUT2D eigenvalue weighted by atomic mass is 9.83. The molecule has 2 atom stereocenters. The van der Waals surface area contributed by atoms with Gasteiger partial charge in [-0.25, -0.2) is 0 Å². The molecule has 2 heterocycles. The van der Waals surface area contributed by atoms with E-state index in [4.69, 9.17) is 0 Å². The fourth-order valence-electron chi connectivity index (χ4n) is 4.13. The van der Waals surface area contributed by atoms with E-state index in [0.717, 1.165) is 22.9 Å². The average molecular weight is 389 g/mol. The summed E-state index contributed by atoms with van der Waals surface area (Å²) in [5.41, 5.74) is 2.63. The third-order valence-corrected chi connectivity index (χ3v) is 5.52. The smallest absolute Gasteiger partial charge is 0.276 e. The Kier molecular flexibility index (Phi) is 4.92. The quantitative estimate of drug-likeness (QED) is 0.744. The highest BCUT2D eigenvalue weighted by Crippen LogP contribution is 2.39. The van der Waals surface area contributed by atoms with E-state index in [1.165, 1.54) is 4.68 Å². The van der Waals surface area contributed by atoms with Gasteiger partial charge in [0.25, 0.3) is 5.91 Å². The first-order valence-electron chi connectivity index (χ1n) is 9.72. The van der Waals surface area contributed by atoms with Crippen LogP contribution in [0.1, 0.15) is 46.1 Å².